The molecule has 3 nitrogen and oxygen atoms in total. The predicted octanol–water partition coefficient (Wildman–Crippen LogP) is 1.61. The maximum Gasteiger partial charge on any atom is 0.0695 e. The van der Waals surface area contributed by atoms with Crippen molar-refractivity contribution in [1.82, 2.24) is 10.2 Å². The fourth-order valence-corrected chi connectivity index (χ4v) is 3.47. The number of aliphatic hydroxyl groups is 1. The van der Waals surface area contributed by atoms with Crippen molar-refractivity contribution in [2.24, 2.45) is 5.92 Å². The average molecular weight is 240 g/mol. The number of rotatable bonds is 3. The van der Waals surface area contributed by atoms with E-state index in [4.69, 9.17) is 0 Å². The molecule has 0 radical (unpaired) electrons. The zero-order chi connectivity index (χ0) is 12.1. The highest BCUT2D eigenvalue weighted by Crippen LogP contribution is 2.26. The van der Waals surface area contributed by atoms with Gasteiger partial charge >= 0.3 is 0 Å². The smallest absolute Gasteiger partial charge is 0.0695 e. The van der Waals surface area contributed by atoms with Crippen LogP contribution in [-0.2, 0) is 0 Å². The Morgan fingerprint density at radius 2 is 1.76 bits per heavy atom. The molecule has 0 aromatic carbocycles. The lowest BCUT2D eigenvalue weighted by Gasteiger charge is -2.39. The van der Waals surface area contributed by atoms with Gasteiger partial charge in [-0.3, -0.25) is 4.90 Å². The summed E-state index contributed by atoms with van der Waals surface area (Å²) in [5, 5.41) is 13.5. The van der Waals surface area contributed by atoms with Gasteiger partial charge in [-0.2, -0.15) is 0 Å². The van der Waals surface area contributed by atoms with Crippen LogP contribution in [0, 0.1) is 5.92 Å². The predicted molar refractivity (Wildman–Crippen MR) is 71.1 cm³/mol. The lowest BCUT2D eigenvalue weighted by Crippen LogP contribution is -2.47. The second-order valence-electron chi connectivity index (χ2n) is 5.81. The van der Waals surface area contributed by atoms with Crippen molar-refractivity contribution < 1.29 is 5.11 Å². The summed E-state index contributed by atoms with van der Waals surface area (Å²) < 4.78 is 0. The molecule has 2 unspecified atom stereocenters. The third kappa shape index (κ3) is 3.67. The molecule has 100 valence electrons. The highest BCUT2D eigenvalue weighted by Gasteiger charge is 2.30. The van der Waals surface area contributed by atoms with Crippen LogP contribution in [-0.4, -0.2) is 48.8 Å². The van der Waals surface area contributed by atoms with Crippen LogP contribution in [0.2, 0.25) is 0 Å². The van der Waals surface area contributed by atoms with E-state index in [-0.39, 0.29) is 6.10 Å². The van der Waals surface area contributed by atoms with E-state index in [1.165, 1.54) is 51.6 Å². The molecule has 1 saturated heterocycles. The third-order valence-corrected chi connectivity index (χ3v) is 4.55. The maximum atomic E-state index is 10.2. The van der Waals surface area contributed by atoms with E-state index >= 15 is 0 Å². The highest BCUT2D eigenvalue weighted by molar-refractivity contribution is 4.85. The van der Waals surface area contributed by atoms with Gasteiger partial charge in [0.1, 0.15) is 0 Å². The van der Waals surface area contributed by atoms with Gasteiger partial charge in [0.05, 0.1) is 6.10 Å². The van der Waals surface area contributed by atoms with Crippen molar-refractivity contribution >= 4 is 0 Å². The monoisotopic (exact) mass is 240 g/mol. The number of likely N-dealkylation sites (tertiary alicyclic amines) is 1. The molecule has 2 fully saturated rings. The summed E-state index contributed by atoms with van der Waals surface area (Å²) >= 11 is 0. The molecular formula is C14H28N2O. The van der Waals surface area contributed by atoms with Crippen LogP contribution in [0.15, 0.2) is 0 Å². The Kier molecular flexibility index (Phi) is 5.26. The quantitative estimate of drug-likeness (QED) is 0.736. The minimum atomic E-state index is -0.0710. The van der Waals surface area contributed by atoms with Gasteiger partial charge in [0.2, 0.25) is 0 Å². The van der Waals surface area contributed by atoms with Crippen LogP contribution in [0.25, 0.3) is 0 Å². The molecule has 1 saturated carbocycles. The number of piperidine rings is 1. The Labute approximate surface area is 106 Å². The van der Waals surface area contributed by atoms with Crippen LogP contribution in [0.1, 0.15) is 44.9 Å². The molecule has 0 spiro atoms. The summed E-state index contributed by atoms with van der Waals surface area (Å²) in [5.74, 6) is 0.846. The van der Waals surface area contributed by atoms with Gasteiger partial charge in [-0.05, 0) is 58.3 Å². The zero-order valence-corrected chi connectivity index (χ0v) is 11.2. The fraction of sp³-hybridized carbons (Fsp3) is 1.00. The molecule has 0 aromatic rings. The third-order valence-electron chi connectivity index (χ3n) is 4.55. The highest BCUT2D eigenvalue weighted by atomic mass is 16.3. The summed E-state index contributed by atoms with van der Waals surface area (Å²) in [4.78, 5) is 2.56. The summed E-state index contributed by atoms with van der Waals surface area (Å²) in [5.41, 5.74) is 0. The van der Waals surface area contributed by atoms with E-state index in [1.54, 1.807) is 0 Å². The van der Waals surface area contributed by atoms with Crippen LogP contribution in [0.3, 0.4) is 0 Å². The van der Waals surface area contributed by atoms with E-state index in [0.717, 1.165) is 18.9 Å². The van der Waals surface area contributed by atoms with Crippen molar-refractivity contribution in [3.05, 3.63) is 0 Å². The van der Waals surface area contributed by atoms with E-state index in [9.17, 15) is 5.11 Å². The van der Waals surface area contributed by atoms with Crippen molar-refractivity contribution in [3.8, 4) is 0 Å². The molecular weight excluding hydrogens is 212 g/mol. The summed E-state index contributed by atoms with van der Waals surface area (Å²) in [6, 6.07) is 0.452. The first-order valence-electron chi connectivity index (χ1n) is 7.38. The van der Waals surface area contributed by atoms with Gasteiger partial charge in [0.25, 0.3) is 0 Å². The van der Waals surface area contributed by atoms with Crippen molar-refractivity contribution in [2.75, 3.05) is 26.7 Å². The standard InChI is InChI=1S/C14H28N2O/c1-15-11-12-7-9-16(10-8-12)13-5-3-2-4-6-14(13)17/h12-15,17H,2-11H2,1H3. The molecule has 1 aliphatic carbocycles. The van der Waals surface area contributed by atoms with E-state index in [2.05, 4.69) is 10.2 Å². The first-order valence-corrected chi connectivity index (χ1v) is 7.38. The van der Waals surface area contributed by atoms with Crippen molar-refractivity contribution in [3.63, 3.8) is 0 Å². The second-order valence-corrected chi connectivity index (χ2v) is 5.81. The van der Waals surface area contributed by atoms with Gasteiger partial charge in [0, 0.05) is 6.04 Å². The molecule has 0 aromatic heterocycles. The molecule has 2 rings (SSSR count). The first kappa shape index (κ1) is 13.3. The number of nitrogens with zero attached hydrogens (tertiary/aromatic N) is 1. The minimum absolute atomic E-state index is 0.0710. The summed E-state index contributed by atoms with van der Waals surface area (Å²) in [7, 11) is 2.04. The van der Waals surface area contributed by atoms with Crippen molar-refractivity contribution in [1.29, 1.82) is 0 Å². The topological polar surface area (TPSA) is 35.5 Å². The SMILES string of the molecule is CNCC1CCN(C2CCCCCC2O)CC1. The number of nitrogens with one attached hydrogen (secondary N) is 1. The summed E-state index contributed by atoms with van der Waals surface area (Å²) in [6.07, 6.45) is 8.57. The Morgan fingerprint density at radius 1 is 1.06 bits per heavy atom. The molecule has 2 N–H and O–H groups in total. The van der Waals surface area contributed by atoms with Gasteiger partial charge < -0.3 is 10.4 Å². The molecule has 2 atom stereocenters. The first-order chi connectivity index (χ1) is 8.31. The number of hydrogen-bond acceptors (Lipinski definition) is 3. The molecule has 0 bridgehead atoms. The Balaban J connectivity index is 1.82. The van der Waals surface area contributed by atoms with Gasteiger partial charge in [0.15, 0.2) is 0 Å². The lowest BCUT2D eigenvalue weighted by atomic mass is 9.93. The fourth-order valence-electron chi connectivity index (χ4n) is 3.47. The van der Waals surface area contributed by atoms with Crippen LogP contribution in [0.4, 0.5) is 0 Å². The molecule has 17 heavy (non-hydrogen) atoms. The normalized spacial score (nSPS) is 33.5. The maximum absolute atomic E-state index is 10.2. The zero-order valence-electron chi connectivity index (χ0n) is 11.2. The molecule has 0 amide bonds. The van der Waals surface area contributed by atoms with E-state index in [1.807, 2.05) is 7.05 Å². The number of aliphatic hydroxyl groups excluding tert-OH is 1. The second kappa shape index (κ2) is 6.72. The largest absolute Gasteiger partial charge is 0.391 e. The van der Waals surface area contributed by atoms with Crippen molar-refractivity contribution in [2.45, 2.75) is 57.1 Å². The van der Waals surface area contributed by atoms with Crippen LogP contribution >= 0.6 is 0 Å². The molecule has 1 heterocycles. The Bertz CT molecular complexity index is 214. The lowest BCUT2D eigenvalue weighted by molar-refractivity contribution is 0.0253. The van der Waals surface area contributed by atoms with Gasteiger partial charge in [-0.15, -0.1) is 0 Å². The number of hydrogen-bond donors (Lipinski definition) is 2. The average Bonchev–Trinajstić information content (AvgIpc) is 2.56. The van der Waals surface area contributed by atoms with Crippen LogP contribution < -0.4 is 5.32 Å². The molecule has 3 heteroatoms. The Hall–Kier alpha value is -0.120. The van der Waals surface area contributed by atoms with E-state index in [0.29, 0.717) is 6.04 Å². The van der Waals surface area contributed by atoms with Gasteiger partial charge in [-0.25, -0.2) is 0 Å². The minimum Gasteiger partial charge on any atom is -0.391 e. The van der Waals surface area contributed by atoms with Gasteiger partial charge in [-0.1, -0.05) is 19.3 Å². The summed E-state index contributed by atoms with van der Waals surface area (Å²) in [6.45, 7) is 3.53. The Morgan fingerprint density at radius 3 is 2.47 bits per heavy atom. The van der Waals surface area contributed by atoms with E-state index < -0.39 is 0 Å². The molecule has 1 aliphatic heterocycles. The molecule has 2 aliphatic rings. The van der Waals surface area contributed by atoms with Crippen LogP contribution in [0.5, 0.6) is 0 Å².